The van der Waals surface area contributed by atoms with Gasteiger partial charge in [-0.15, -0.1) is 0 Å². The number of imidazole rings is 1. The van der Waals surface area contributed by atoms with E-state index in [2.05, 4.69) is 67.8 Å². The summed E-state index contributed by atoms with van der Waals surface area (Å²) in [6, 6.07) is 8.13. The number of aromatic amines is 3. The number of H-pyrrole nitrogens is 3. The van der Waals surface area contributed by atoms with Crippen LogP contribution in [0.15, 0.2) is 110 Å². The van der Waals surface area contributed by atoms with Crippen LogP contribution in [0.2, 0.25) is 0 Å². The number of ether oxygens (including phenoxy) is 1. The van der Waals surface area contributed by atoms with Crippen molar-refractivity contribution < 1.29 is 81.3 Å². The quantitative estimate of drug-likeness (QED) is 0.0737. The van der Waals surface area contributed by atoms with E-state index in [0.29, 0.717) is 34.0 Å². The maximum absolute atomic E-state index is 15.2. The number of carboxylic acid groups (broad SMARTS) is 1. The summed E-state index contributed by atoms with van der Waals surface area (Å²) in [7, 11) is 0. The summed E-state index contributed by atoms with van der Waals surface area (Å²) in [4.78, 5) is 182. The van der Waals surface area contributed by atoms with Crippen LogP contribution in [-0.4, -0.2) is 180 Å². The molecule has 0 spiro atoms. The third-order valence-electron chi connectivity index (χ3n) is 17.3. The lowest BCUT2D eigenvalue weighted by atomic mass is 9.94. The minimum atomic E-state index is -2.06. The van der Waals surface area contributed by atoms with Crippen molar-refractivity contribution in [2.75, 3.05) is 26.2 Å². The smallest absolute Gasteiger partial charge is 0.305 e. The summed E-state index contributed by atoms with van der Waals surface area (Å²) < 4.78 is 35.4. The van der Waals surface area contributed by atoms with Crippen molar-refractivity contribution in [2.24, 2.45) is 5.73 Å². The molecule has 528 valence electrons. The Labute approximate surface area is 569 Å². The molecule has 7 aromatic rings. The zero-order valence-corrected chi connectivity index (χ0v) is 54.5. The van der Waals surface area contributed by atoms with Gasteiger partial charge in [0.1, 0.15) is 71.0 Å². The molecule has 6 heterocycles. The van der Waals surface area contributed by atoms with Gasteiger partial charge in [0.2, 0.25) is 59.1 Å². The van der Waals surface area contributed by atoms with Crippen molar-refractivity contribution >= 4 is 92.8 Å². The number of nitrogens with two attached hydrogens (primary N) is 1. The fraction of sp³-hybridized carbons (Fsp3) is 0.368. The van der Waals surface area contributed by atoms with Gasteiger partial charge in [-0.25, -0.2) is 13.8 Å². The van der Waals surface area contributed by atoms with Crippen LogP contribution in [-0.2, 0) is 89.6 Å². The predicted octanol–water partition coefficient (Wildman–Crippen LogP) is 0.419. The number of carbonyl (C=O) groups excluding carboxylic acids is 11. The molecule has 1 saturated heterocycles. The van der Waals surface area contributed by atoms with Crippen LogP contribution in [0.4, 0.5) is 8.78 Å². The number of carboxylic acids is 1. The first kappa shape index (κ1) is 72.5. The van der Waals surface area contributed by atoms with Crippen LogP contribution in [0.3, 0.4) is 0 Å². The Morgan fingerprint density at radius 3 is 1.85 bits per heavy atom. The van der Waals surface area contributed by atoms with E-state index in [9.17, 15) is 66.9 Å². The molecular formula is C68H77F2N15O15. The van der Waals surface area contributed by atoms with Gasteiger partial charge in [0.25, 0.3) is 5.91 Å². The summed E-state index contributed by atoms with van der Waals surface area (Å²) in [6.45, 7) is 1.58. The van der Waals surface area contributed by atoms with Gasteiger partial charge in [-0.1, -0.05) is 24.3 Å². The first-order valence-electron chi connectivity index (χ1n) is 32.2. The summed E-state index contributed by atoms with van der Waals surface area (Å²) >= 11 is 0. The second-order valence-corrected chi connectivity index (χ2v) is 24.8. The lowest BCUT2D eigenvalue weighted by Gasteiger charge is -2.37. The van der Waals surface area contributed by atoms with Crippen LogP contribution in [0.5, 0.6) is 11.5 Å². The number of aromatic hydroxyl groups is 1. The van der Waals surface area contributed by atoms with Crippen molar-refractivity contribution in [1.29, 1.82) is 0 Å². The first-order valence-corrected chi connectivity index (χ1v) is 32.2. The van der Waals surface area contributed by atoms with Gasteiger partial charge in [0.05, 0.1) is 19.3 Å². The maximum Gasteiger partial charge on any atom is 0.305 e. The van der Waals surface area contributed by atoms with Gasteiger partial charge in [-0.05, 0) is 122 Å². The number of rotatable bonds is 12. The Morgan fingerprint density at radius 2 is 1.26 bits per heavy atom. The minimum absolute atomic E-state index is 0.0183. The number of fused-ring (bicyclic) bond motifs is 34. The highest BCUT2D eigenvalue weighted by Gasteiger charge is 2.49. The van der Waals surface area contributed by atoms with Crippen LogP contribution in [0, 0.1) is 11.6 Å². The van der Waals surface area contributed by atoms with Crippen LogP contribution >= 0.6 is 0 Å². The summed E-state index contributed by atoms with van der Waals surface area (Å²) in [5.41, 5.74) is 6.70. The van der Waals surface area contributed by atoms with E-state index < -0.39 is 169 Å². The van der Waals surface area contributed by atoms with Crippen molar-refractivity contribution in [2.45, 2.75) is 132 Å². The molecule has 16 N–H and O–H groups in total. The highest BCUT2D eigenvalue weighted by atomic mass is 19.1. The Morgan fingerprint density at radius 1 is 0.670 bits per heavy atom. The topological polar surface area (TPSA) is 452 Å². The number of aromatic nitrogens is 4. The Kier molecular flexibility index (Phi) is 23.9. The maximum atomic E-state index is 15.2. The second-order valence-electron chi connectivity index (χ2n) is 24.8. The molecule has 100 heavy (non-hydrogen) atoms. The standard InChI is InChI=1S/C68H77F2N15O15/c1-36(86)78-50-6-3-4-20-73-58(89)34-100-45-15-9-38(10-16-45)22-51(60(71)92)84-67(99)68(2)19-5-21-85(68)66(98)56(23-37-7-13-44(87)14-8-37)83-64(96)54(28-43-32-72-35-77-43)81-65(97)55(29-59(90)91)82-63(95)53(25-40-31-75-49-18-12-42(70)27-47(40)49)80-62(94)52(79-57(88)33-76-61(50)93)24-39-30-74-48-17-11-41(69)26-46(39)48/h7-18,26-27,30-32,35,50-56,74-75,87H,3-6,19-25,28-29,33-34H2,1-2H3,(H2,71,92)(H,72,77)(H,73,89)(H,76,93)(H,78,86)(H,79,88)(H,80,94)(H,81,97)(H,82,95)(H,83,96)(H,84,99)(H,90,91)/t50-,51-,52-,53-,54+,55-,56-,68-/m0/s1. The molecule has 2 bridgehead atoms. The largest absolute Gasteiger partial charge is 0.508 e. The number of amides is 11. The minimum Gasteiger partial charge on any atom is -0.508 e. The summed E-state index contributed by atoms with van der Waals surface area (Å²) in [5, 5.41) is 44.2. The number of nitrogens with zero attached hydrogens (tertiary/aromatic N) is 2. The molecule has 0 radical (unpaired) electrons. The van der Waals surface area contributed by atoms with E-state index in [0.717, 1.165) is 6.07 Å². The third-order valence-corrected chi connectivity index (χ3v) is 17.3. The van der Waals surface area contributed by atoms with Crippen molar-refractivity contribution in [1.82, 2.24) is 72.7 Å². The number of nitrogens with one attached hydrogen (secondary N) is 12. The number of hydrogen-bond acceptors (Lipinski definition) is 15. The SMILES string of the molecule is CC(=O)N[C@H]1CCCCNC(=O)COc2ccc(cc2)C[C@@H](C(N)=O)NC(=O)[C@]2(C)CCCN2C(=O)[C@H](Cc2ccc(O)cc2)NC(=O)[C@@H](Cc2cnc[nH]2)NC(=O)[C@H](CC(=O)O)NC(=O)[C@H](Cc2c[nH]c3ccc(F)cc23)NC(=O)[C@H](Cc2c[nH]c3ccc(F)cc23)NC(=O)CNC1=O. The Hall–Kier alpha value is -11.7. The van der Waals surface area contributed by atoms with Gasteiger partial charge in [-0.3, -0.25) is 57.5 Å². The van der Waals surface area contributed by atoms with Gasteiger partial charge < -0.3 is 88.4 Å². The lowest BCUT2D eigenvalue weighted by Crippen LogP contribution is -2.63. The number of aliphatic carboxylic acids is 1. The van der Waals surface area contributed by atoms with E-state index in [4.69, 9.17) is 10.5 Å². The zero-order chi connectivity index (χ0) is 71.8. The highest BCUT2D eigenvalue weighted by Crippen LogP contribution is 2.32. The van der Waals surface area contributed by atoms with Crippen LogP contribution in [0.1, 0.15) is 80.3 Å². The predicted molar refractivity (Wildman–Crippen MR) is 354 cm³/mol. The van der Waals surface area contributed by atoms with Gasteiger partial charge in [0.15, 0.2) is 6.61 Å². The molecule has 30 nitrogen and oxygen atoms in total. The summed E-state index contributed by atoms with van der Waals surface area (Å²) in [5.74, 6) is -12.8. The number of benzene rings is 4. The third kappa shape index (κ3) is 19.3. The van der Waals surface area contributed by atoms with E-state index >= 15 is 9.59 Å². The number of phenols is 1. The highest BCUT2D eigenvalue weighted by molar-refractivity contribution is 6.01. The van der Waals surface area contributed by atoms with Crippen LogP contribution < -0.4 is 58.3 Å². The normalized spacial score (nSPS) is 22.7. The molecule has 10 rings (SSSR count). The number of phenolic OH excluding ortho intramolecular Hbond substituents is 1. The van der Waals surface area contributed by atoms with Gasteiger partial charge in [0, 0.05) is 98.2 Å². The average Bonchev–Trinajstić information content (AvgIpc) is 1.59. The molecule has 0 saturated carbocycles. The average molecular weight is 1380 g/mol. The van der Waals surface area contributed by atoms with E-state index in [1.165, 1.54) is 110 Å². The molecule has 0 aliphatic carbocycles. The number of primary amides is 1. The molecule has 11 amide bonds. The van der Waals surface area contributed by atoms with Crippen molar-refractivity contribution in [3.8, 4) is 11.5 Å². The van der Waals surface area contributed by atoms with E-state index in [1.54, 1.807) is 12.1 Å². The second kappa shape index (κ2) is 33.0. The number of halogens is 2. The number of hydrogen-bond donors (Lipinski definition) is 15. The lowest BCUT2D eigenvalue weighted by molar-refractivity contribution is -0.147. The van der Waals surface area contributed by atoms with Gasteiger partial charge in [-0.2, -0.15) is 0 Å². The fourth-order valence-corrected chi connectivity index (χ4v) is 12.0. The van der Waals surface area contributed by atoms with Crippen molar-refractivity contribution in [3.05, 3.63) is 149 Å². The molecule has 4 aromatic carbocycles. The molecule has 8 atom stereocenters. The first-order chi connectivity index (χ1) is 47.8. The van der Waals surface area contributed by atoms with E-state index in [-0.39, 0.29) is 85.3 Å². The molecule has 0 unspecified atom stereocenters. The number of carbonyl (C=O) groups is 12. The van der Waals surface area contributed by atoms with Crippen molar-refractivity contribution in [3.63, 3.8) is 0 Å². The molecule has 3 aromatic heterocycles. The summed E-state index contributed by atoms with van der Waals surface area (Å²) in [6.07, 6.45) is 3.62. The zero-order valence-electron chi connectivity index (χ0n) is 54.5. The van der Waals surface area contributed by atoms with Gasteiger partial charge >= 0.3 is 5.97 Å². The van der Waals surface area contributed by atoms with Crippen LogP contribution in [0.25, 0.3) is 21.8 Å². The fourth-order valence-electron chi connectivity index (χ4n) is 12.0. The molecular weight excluding hydrogens is 1300 g/mol. The molecule has 1 fully saturated rings. The Bertz CT molecular complexity index is 4190. The molecule has 3 aliphatic heterocycles. The Balaban J connectivity index is 1.05. The molecule has 3 aliphatic rings. The van der Waals surface area contributed by atoms with E-state index in [1.807, 2.05) is 0 Å². The molecule has 32 heteroatoms. The monoisotopic (exact) mass is 1380 g/mol.